The van der Waals surface area contributed by atoms with Gasteiger partial charge in [0.25, 0.3) is 10.2 Å². The van der Waals surface area contributed by atoms with Gasteiger partial charge in [0.2, 0.25) is 5.91 Å². The molecule has 0 spiro atoms. The maximum absolute atomic E-state index is 12.6. The molecule has 0 unspecified atom stereocenters. The Morgan fingerprint density at radius 3 is 2.55 bits per heavy atom. The highest BCUT2D eigenvalue weighted by Crippen LogP contribution is 2.22. The zero-order valence-electron chi connectivity index (χ0n) is 12.9. The minimum Gasteiger partial charge on any atom is -0.353 e. The zero-order chi connectivity index (χ0) is 15.3. The molecule has 0 aromatic carbocycles. The number of hydrogen-bond acceptors (Lipinski definition) is 3. The fraction of sp³-hybridized carbons (Fsp3) is 0.923. The molecule has 1 aliphatic rings. The first-order chi connectivity index (χ1) is 9.28. The van der Waals surface area contributed by atoms with Crippen LogP contribution in [0.2, 0.25) is 0 Å². The third kappa shape index (κ3) is 4.43. The molecule has 1 amide bonds. The van der Waals surface area contributed by atoms with Gasteiger partial charge in [-0.2, -0.15) is 17.0 Å². The molecule has 118 valence electrons. The maximum atomic E-state index is 12.6. The van der Waals surface area contributed by atoms with Crippen molar-refractivity contribution in [2.24, 2.45) is 0 Å². The first-order valence-electron chi connectivity index (χ1n) is 7.35. The number of amides is 1. The third-order valence-electron chi connectivity index (χ3n) is 3.49. The monoisotopic (exact) mass is 305 g/mol. The van der Waals surface area contributed by atoms with Gasteiger partial charge < -0.3 is 5.32 Å². The second-order valence-corrected chi connectivity index (χ2v) is 7.49. The molecule has 20 heavy (non-hydrogen) atoms. The summed E-state index contributed by atoms with van der Waals surface area (Å²) in [5, 5.41) is 2.73. The van der Waals surface area contributed by atoms with E-state index in [9.17, 15) is 13.2 Å². The van der Waals surface area contributed by atoms with Crippen molar-refractivity contribution in [3.8, 4) is 0 Å². The van der Waals surface area contributed by atoms with Crippen molar-refractivity contribution >= 4 is 16.1 Å². The number of piperidine rings is 1. The normalized spacial score (nSPS) is 21.4. The van der Waals surface area contributed by atoms with Crippen LogP contribution < -0.4 is 5.32 Å². The van der Waals surface area contributed by atoms with Crippen LogP contribution in [0.5, 0.6) is 0 Å². The molecular formula is C13H27N3O3S. The fourth-order valence-corrected chi connectivity index (χ4v) is 4.27. The summed E-state index contributed by atoms with van der Waals surface area (Å²) in [6, 6.07) is 0.0220. The number of nitrogens with one attached hydrogen (secondary N) is 1. The standard InChI is InChI=1S/C13H27N3O3S/c1-5-15(10-13(17)14-11(2)3)20(18,19)16-9-7-6-8-12(16)4/h11-12H,5-10H2,1-4H3,(H,14,17)/t12-/m0/s1. The molecule has 0 aromatic rings. The molecule has 0 radical (unpaired) electrons. The first-order valence-corrected chi connectivity index (χ1v) is 8.75. The Balaban J connectivity index is 2.78. The molecule has 6 nitrogen and oxygen atoms in total. The summed E-state index contributed by atoms with van der Waals surface area (Å²) in [5.74, 6) is -0.255. The Morgan fingerprint density at radius 2 is 2.05 bits per heavy atom. The Morgan fingerprint density at radius 1 is 1.40 bits per heavy atom. The molecule has 1 heterocycles. The average Bonchev–Trinajstić information content (AvgIpc) is 2.35. The summed E-state index contributed by atoms with van der Waals surface area (Å²) < 4.78 is 28.0. The molecule has 1 saturated heterocycles. The molecule has 1 N–H and O–H groups in total. The Hall–Kier alpha value is -0.660. The first kappa shape index (κ1) is 17.4. The lowest BCUT2D eigenvalue weighted by Gasteiger charge is -2.35. The van der Waals surface area contributed by atoms with E-state index >= 15 is 0 Å². The van der Waals surface area contributed by atoms with Crippen molar-refractivity contribution < 1.29 is 13.2 Å². The van der Waals surface area contributed by atoms with Crippen LogP contribution in [0, 0.1) is 0 Å². The van der Waals surface area contributed by atoms with Crippen LogP contribution in [0.15, 0.2) is 0 Å². The highest BCUT2D eigenvalue weighted by atomic mass is 32.2. The Labute approximate surface area is 122 Å². The molecule has 0 aromatic heterocycles. The quantitative estimate of drug-likeness (QED) is 0.794. The van der Waals surface area contributed by atoms with Gasteiger partial charge in [-0.25, -0.2) is 0 Å². The largest absolute Gasteiger partial charge is 0.353 e. The minimum absolute atomic E-state index is 0.0101. The summed E-state index contributed by atoms with van der Waals surface area (Å²) in [5.41, 5.74) is 0. The molecular weight excluding hydrogens is 278 g/mol. The summed E-state index contributed by atoms with van der Waals surface area (Å²) in [4.78, 5) is 11.8. The summed E-state index contributed by atoms with van der Waals surface area (Å²) in [6.07, 6.45) is 2.83. The number of rotatable bonds is 6. The lowest BCUT2D eigenvalue weighted by atomic mass is 10.1. The number of carbonyl (C=O) groups is 1. The average molecular weight is 305 g/mol. The van der Waals surface area contributed by atoms with Crippen molar-refractivity contribution in [3.63, 3.8) is 0 Å². The van der Waals surface area contributed by atoms with Crippen LogP contribution in [0.4, 0.5) is 0 Å². The lowest BCUT2D eigenvalue weighted by Crippen LogP contribution is -2.52. The molecule has 1 aliphatic heterocycles. The number of carbonyl (C=O) groups excluding carboxylic acids is 1. The predicted molar refractivity (Wildman–Crippen MR) is 79.5 cm³/mol. The van der Waals surface area contributed by atoms with E-state index in [-0.39, 0.29) is 24.5 Å². The van der Waals surface area contributed by atoms with E-state index in [1.54, 1.807) is 6.92 Å². The van der Waals surface area contributed by atoms with E-state index in [1.807, 2.05) is 20.8 Å². The van der Waals surface area contributed by atoms with E-state index in [0.29, 0.717) is 13.1 Å². The molecule has 1 atom stereocenters. The predicted octanol–water partition coefficient (Wildman–Crippen LogP) is 0.952. The molecule has 0 bridgehead atoms. The van der Waals surface area contributed by atoms with Crippen molar-refractivity contribution in [2.75, 3.05) is 19.6 Å². The van der Waals surface area contributed by atoms with Gasteiger partial charge in [0, 0.05) is 25.2 Å². The summed E-state index contributed by atoms with van der Waals surface area (Å²) in [7, 11) is -3.55. The van der Waals surface area contributed by atoms with Crippen molar-refractivity contribution in [1.82, 2.24) is 13.9 Å². The summed E-state index contributed by atoms with van der Waals surface area (Å²) >= 11 is 0. The molecule has 7 heteroatoms. The van der Waals surface area contributed by atoms with Crippen molar-refractivity contribution in [1.29, 1.82) is 0 Å². The van der Waals surface area contributed by atoms with Crippen LogP contribution in [-0.4, -0.2) is 54.7 Å². The van der Waals surface area contributed by atoms with E-state index in [2.05, 4.69) is 5.32 Å². The van der Waals surface area contributed by atoms with Gasteiger partial charge in [-0.15, -0.1) is 0 Å². The Bertz CT molecular complexity index is 423. The van der Waals surface area contributed by atoms with E-state index < -0.39 is 10.2 Å². The van der Waals surface area contributed by atoms with Crippen LogP contribution in [-0.2, 0) is 15.0 Å². The topological polar surface area (TPSA) is 69.7 Å². The molecule has 0 saturated carbocycles. The second-order valence-electron chi connectivity index (χ2n) is 5.61. The second kappa shape index (κ2) is 7.38. The van der Waals surface area contributed by atoms with E-state index in [4.69, 9.17) is 0 Å². The highest BCUT2D eigenvalue weighted by Gasteiger charge is 2.34. The SMILES string of the molecule is CCN(CC(=O)NC(C)C)S(=O)(=O)N1CCCC[C@@H]1C. The van der Waals surface area contributed by atoms with Gasteiger partial charge in [-0.1, -0.05) is 13.3 Å². The number of hydrogen-bond donors (Lipinski definition) is 1. The molecule has 1 rings (SSSR count). The fourth-order valence-electron chi connectivity index (χ4n) is 2.45. The maximum Gasteiger partial charge on any atom is 0.282 e. The molecule has 1 fully saturated rings. The van der Waals surface area contributed by atoms with Gasteiger partial charge in [0.15, 0.2) is 0 Å². The van der Waals surface area contributed by atoms with Gasteiger partial charge >= 0.3 is 0 Å². The highest BCUT2D eigenvalue weighted by molar-refractivity contribution is 7.86. The van der Waals surface area contributed by atoms with Crippen LogP contribution >= 0.6 is 0 Å². The number of nitrogens with zero attached hydrogens (tertiary/aromatic N) is 2. The van der Waals surface area contributed by atoms with Crippen molar-refractivity contribution in [3.05, 3.63) is 0 Å². The van der Waals surface area contributed by atoms with Gasteiger partial charge in [0.1, 0.15) is 0 Å². The minimum atomic E-state index is -3.55. The van der Waals surface area contributed by atoms with Gasteiger partial charge in [-0.05, 0) is 33.6 Å². The van der Waals surface area contributed by atoms with Gasteiger partial charge in [-0.3, -0.25) is 4.79 Å². The number of likely N-dealkylation sites (N-methyl/N-ethyl adjacent to an activating group) is 1. The van der Waals surface area contributed by atoms with Gasteiger partial charge in [0.05, 0.1) is 6.54 Å². The lowest BCUT2D eigenvalue weighted by molar-refractivity contribution is -0.121. The molecule has 0 aliphatic carbocycles. The summed E-state index contributed by atoms with van der Waals surface area (Å²) in [6.45, 7) is 8.14. The third-order valence-corrected chi connectivity index (χ3v) is 5.66. The van der Waals surface area contributed by atoms with E-state index in [0.717, 1.165) is 19.3 Å². The van der Waals surface area contributed by atoms with Crippen LogP contribution in [0.1, 0.15) is 47.0 Å². The zero-order valence-corrected chi connectivity index (χ0v) is 13.7. The Kier molecular flexibility index (Phi) is 6.42. The van der Waals surface area contributed by atoms with Crippen LogP contribution in [0.25, 0.3) is 0 Å². The van der Waals surface area contributed by atoms with Crippen molar-refractivity contribution in [2.45, 2.75) is 59.0 Å². The van der Waals surface area contributed by atoms with Crippen LogP contribution in [0.3, 0.4) is 0 Å². The smallest absolute Gasteiger partial charge is 0.282 e. The van der Waals surface area contributed by atoms with E-state index in [1.165, 1.54) is 8.61 Å².